The van der Waals surface area contributed by atoms with Crippen LogP contribution in [-0.4, -0.2) is 95.4 Å². The zero-order valence-corrected chi connectivity index (χ0v) is 37.0. The van der Waals surface area contributed by atoms with Crippen molar-refractivity contribution < 1.29 is 51.8 Å². The van der Waals surface area contributed by atoms with Crippen LogP contribution >= 0.6 is 0 Å². The fourth-order valence-electron chi connectivity index (χ4n) is 7.75. The third kappa shape index (κ3) is 29.1. The van der Waals surface area contributed by atoms with E-state index >= 15 is 0 Å². The summed E-state index contributed by atoms with van der Waals surface area (Å²) in [5.41, 5.74) is 0. The minimum absolute atomic E-state index is 0.227. The van der Waals surface area contributed by atoms with Gasteiger partial charge in [0.25, 0.3) is 0 Å². The van der Waals surface area contributed by atoms with Crippen LogP contribution in [0.2, 0.25) is 0 Å². The number of hydrogen-bond acceptors (Lipinski definition) is 10. The van der Waals surface area contributed by atoms with Crippen molar-refractivity contribution in [2.24, 2.45) is 0 Å². The second-order valence-electron chi connectivity index (χ2n) is 16.7. The number of amides is 1. The van der Waals surface area contributed by atoms with Crippen molar-refractivity contribution in [3.63, 3.8) is 0 Å². The van der Waals surface area contributed by atoms with Gasteiger partial charge in [0.2, 0.25) is 5.91 Å². The van der Waals surface area contributed by atoms with Gasteiger partial charge in [-0.3, -0.25) is 9.35 Å². The third-order valence-corrected chi connectivity index (χ3v) is 11.9. The lowest BCUT2D eigenvalue weighted by atomic mass is 9.99. The number of ether oxygens (including phenoxy) is 2. The molecule has 6 N–H and O–H groups in total. The molecule has 1 aliphatic heterocycles. The summed E-state index contributed by atoms with van der Waals surface area (Å²) in [6.07, 6.45) is 28.1. The van der Waals surface area contributed by atoms with E-state index < -0.39 is 59.9 Å². The molecular weight excluding hydrogens is 751 g/mol. The second kappa shape index (κ2) is 35.8. The lowest BCUT2D eigenvalue weighted by molar-refractivity contribution is -0.298. The molecule has 57 heavy (non-hydrogen) atoms. The maximum absolute atomic E-state index is 13.0. The number of carbonyl (C=O) groups excluding carboxylic acids is 1. The highest BCUT2D eigenvalue weighted by molar-refractivity contribution is 7.80. The topological polar surface area (TPSA) is 192 Å². The molecule has 12 nitrogen and oxygen atoms in total. The lowest BCUT2D eigenvalue weighted by Gasteiger charge is -2.41. The summed E-state index contributed by atoms with van der Waals surface area (Å²) in [7, 11) is -5.07. The fourth-order valence-corrected chi connectivity index (χ4v) is 8.26. The van der Waals surface area contributed by atoms with Gasteiger partial charge in [-0.1, -0.05) is 200 Å². The molecule has 340 valence electrons. The minimum Gasteiger partial charge on any atom is -0.394 e. The van der Waals surface area contributed by atoms with Gasteiger partial charge in [0, 0.05) is 6.42 Å². The molecule has 13 heteroatoms. The summed E-state index contributed by atoms with van der Waals surface area (Å²) in [5, 5.41) is 44.8. The van der Waals surface area contributed by atoms with E-state index in [0.29, 0.717) is 12.8 Å². The van der Waals surface area contributed by atoms with Gasteiger partial charge in [0.15, 0.2) is 6.29 Å². The van der Waals surface area contributed by atoms with Crippen molar-refractivity contribution >= 4 is 16.3 Å². The highest BCUT2D eigenvalue weighted by Crippen LogP contribution is 2.26. The van der Waals surface area contributed by atoms with Crippen molar-refractivity contribution in [2.45, 2.75) is 262 Å². The molecule has 1 heterocycles. The van der Waals surface area contributed by atoms with Crippen LogP contribution in [-0.2, 0) is 28.9 Å². The van der Waals surface area contributed by atoms with Crippen molar-refractivity contribution in [3.05, 3.63) is 0 Å². The number of hydrogen-bond donors (Lipinski definition) is 6. The smallest absolute Gasteiger partial charge is 0.394 e. The Balaban J connectivity index is 2.47. The number of nitrogens with one attached hydrogen (secondary N) is 1. The van der Waals surface area contributed by atoms with Gasteiger partial charge in [-0.2, -0.15) is 8.42 Å². The molecule has 0 spiro atoms. The Hall–Kier alpha value is -0.900. The molecule has 1 saturated heterocycles. The van der Waals surface area contributed by atoms with Crippen LogP contribution in [0.5, 0.6) is 0 Å². The molecule has 0 aromatic rings. The largest absolute Gasteiger partial charge is 0.397 e. The number of aliphatic hydroxyl groups excluding tert-OH is 4. The van der Waals surface area contributed by atoms with Gasteiger partial charge in [-0.05, 0) is 12.8 Å². The average molecular weight is 838 g/mol. The zero-order valence-electron chi connectivity index (χ0n) is 36.2. The number of carbonyl (C=O) groups is 1. The summed E-state index contributed by atoms with van der Waals surface area (Å²) in [4.78, 5) is 13.0. The molecule has 0 aromatic heterocycles. The van der Waals surface area contributed by atoms with E-state index in [9.17, 15) is 38.2 Å². The molecule has 0 saturated carbocycles. The van der Waals surface area contributed by atoms with E-state index in [0.717, 1.165) is 51.4 Å². The Morgan fingerprint density at radius 2 is 1.02 bits per heavy atom. The van der Waals surface area contributed by atoms with Gasteiger partial charge >= 0.3 is 10.4 Å². The maximum Gasteiger partial charge on any atom is 0.397 e. The third-order valence-electron chi connectivity index (χ3n) is 11.4. The molecule has 0 bridgehead atoms. The average Bonchev–Trinajstić information content (AvgIpc) is 3.18. The van der Waals surface area contributed by atoms with E-state index in [1.165, 1.54) is 141 Å². The van der Waals surface area contributed by atoms with Crippen LogP contribution in [0, 0.1) is 0 Å². The van der Waals surface area contributed by atoms with Gasteiger partial charge in [0.05, 0.1) is 25.4 Å². The summed E-state index contributed by atoms with van der Waals surface area (Å²) in [5.74, 6) is -0.227. The van der Waals surface area contributed by atoms with Gasteiger partial charge < -0.3 is 35.2 Å². The van der Waals surface area contributed by atoms with E-state index in [4.69, 9.17) is 9.47 Å². The Morgan fingerprint density at radius 3 is 1.40 bits per heavy atom. The first-order chi connectivity index (χ1) is 27.5. The molecule has 1 fully saturated rings. The standard InChI is InChI=1S/C44H87NO11S/c1-3-5-7-9-11-13-15-17-18-19-20-22-24-26-28-30-32-34-40(48)45-37(38(47)33-31-29-27-25-23-21-16-14-12-10-8-6-4-2)36-54-44-42(50)43(56-57(51,52)53)41(49)39(35-46)55-44/h37-39,41-44,46-47,49-50H,3-36H2,1-2H3,(H,45,48)(H,51,52,53). The van der Waals surface area contributed by atoms with E-state index in [1.807, 2.05) is 0 Å². The summed E-state index contributed by atoms with van der Waals surface area (Å²) in [6.45, 7) is 3.45. The van der Waals surface area contributed by atoms with Gasteiger partial charge in [-0.25, -0.2) is 4.18 Å². The molecule has 1 rings (SSSR count). The Bertz CT molecular complexity index is 1040. The molecule has 0 aromatic carbocycles. The minimum atomic E-state index is -5.07. The quantitative estimate of drug-likeness (QED) is 0.0255. The fraction of sp³-hybridized carbons (Fsp3) is 0.977. The van der Waals surface area contributed by atoms with Gasteiger partial charge in [0.1, 0.15) is 24.4 Å². The molecular formula is C44H87NO11S. The monoisotopic (exact) mass is 838 g/mol. The predicted molar refractivity (Wildman–Crippen MR) is 227 cm³/mol. The molecule has 1 amide bonds. The van der Waals surface area contributed by atoms with Crippen molar-refractivity contribution in [1.29, 1.82) is 0 Å². The second-order valence-corrected chi connectivity index (χ2v) is 17.8. The first-order valence-corrected chi connectivity index (χ1v) is 24.8. The van der Waals surface area contributed by atoms with Gasteiger partial charge in [-0.15, -0.1) is 0 Å². The number of rotatable bonds is 40. The molecule has 7 unspecified atom stereocenters. The highest BCUT2D eigenvalue weighted by Gasteiger charge is 2.48. The van der Waals surface area contributed by atoms with E-state index in [-0.39, 0.29) is 12.5 Å². The SMILES string of the molecule is CCCCCCCCCCCCCCCCCCCC(=O)NC(COC1OC(CO)C(O)C(OS(=O)(=O)O)C1O)C(O)CCCCCCCCCCCCCCC. The van der Waals surface area contributed by atoms with Crippen LogP contribution in [0.3, 0.4) is 0 Å². The lowest BCUT2D eigenvalue weighted by Crippen LogP contribution is -2.61. The highest BCUT2D eigenvalue weighted by atomic mass is 32.3. The van der Waals surface area contributed by atoms with E-state index in [1.54, 1.807) is 0 Å². The van der Waals surface area contributed by atoms with Crippen LogP contribution in [0.1, 0.15) is 219 Å². The number of unbranched alkanes of at least 4 members (excludes halogenated alkanes) is 28. The first-order valence-electron chi connectivity index (χ1n) is 23.4. The van der Waals surface area contributed by atoms with Crippen molar-refractivity contribution in [2.75, 3.05) is 13.2 Å². The summed E-state index contributed by atoms with van der Waals surface area (Å²) in [6, 6.07) is -0.850. The predicted octanol–water partition coefficient (Wildman–Crippen LogP) is 9.00. The van der Waals surface area contributed by atoms with Crippen molar-refractivity contribution in [3.8, 4) is 0 Å². The molecule has 0 aliphatic carbocycles. The molecule has 1 aliphatic rings. The molecule has 0 radical (unpaired) electrons. The van der Waals surface area contributed by atoms with Crippen molar-refractivity contribution in [1.82, 2.24) is 5.32 Å². The van der Waals surface area contributed by atoms with E-state index in [2.05, 4.69) is 23.3 Å². The number of aliphatic hydroxyl groups is 4. The Kier molecular flexibility index (Phi) is 34.0. The van der Waals surface area contributed by atoms with Crippen LogP contribution < -0.4 is 5.32 Å². The van der Waals surface area contributed by atoms with Crippen LogP contribution in [0.15, 0.2) is 0 Å². The summed E-state index contributed by atoms with van der Waals surface area (Å²) >= 11 is 0. The first kappa shape index (κ1) is 54.1. The Morgan fingerprint density at radius 1 is 0.632 bits per heavy atom. The maximum atomic E-state index is 13.0. The van der Waals surface area contributed by atoms with Crippen LogP contribution in [0.25, 0.3) is 0 Å². The normalized spacial score (nSPS) is 21.1. The summed E-state index contributed by atoms with van der Waals surface area (Å²) < 4.78 is 47.6. The zero-order chi connectivity index (χ0) is 42.0. The van der Waals surface area contributed by atoms with Crippen LogP contribution in [0.4, 0.5) is 0 Å². The Labute approximate surface area is 347 Å². The molecule has 7 atom stereocenters.